The van der Waals surface area contributed by atoms with Crippen LogP contribution >= 0.6 is 0 Å². The van der Waals surface area contributed by atoms with Crippen LogP contribution in [0.4, 0.5) is 11.6 Å². The van der Waals surface area contributed by atoms with E-state index in [2.05, 4.69) is 21.9 Å². The summed E-state index contributed by atoms with van der Waals surface area (Å²) in [4.78, 5) is 11.7. The smallest absolute Gasteiger partial charge is 0.223 e. The van der Waals surface area contributed by atoms with Crippen molar-refractivity contribution in [2.75, 3.05) is 30.8 Å². The van der Waals surface area contributed by atoms with Gasteiger partial charge < -0.3 is 20.5 Å². The third-order valence-corrected chi connectivity index (χ3v) is 6.08. The molecule has 1 saturated heterocycles. The molecule has 0 unspecified atom stereocenters. The van der Waals surface area contributed by atoms with Gasteiger partial charge in [-0.1, -0.05) is 6.92 Å². The van der Waals surface area contributed by atoms with E-state index in [9.17, 15) is 5.11 Å². The van der Waals surface area contributed by atoms with Gasteiger partial charge >= 0.3 is 0 Å². The van der Waals surface area contributed by atoms with E-state index in [1.165, 1.54) is 0 Å². The van der Waals surface area contributed by atoms with Crippen molar-refractivity contribution in [3.8, 4) is 5.75 Å². The van der Waals surface area contributed by atoms with Gasteiger partial charge in [-0.2, -0.15) is 9.61 Å². The first-order valence-electron chi connectivity index (χ1n) is 11.2. The summed E-state index contributed by atoms with van der Waals surface area (Å²) < 4.78 is 8.74. The molecule has 0 spiro atoms. The Balaban J connectivity index is 1.46. The molecule has 10 heteroatoms. The van der Waals surface area contributed by atoms with Gasteiger partial charge in [-0.15, -0.1) is 5.10 Å². The highest BCUT2D eigenvalue weighted by molar-refractivity contribution is 5.93. The zero-order valence-corrected chi connectivity index (χ0v) is 19.4. The third-order valence-electron chi connectivity index (χ3n) is 6.08. The molecule has 174 valence electrons. The van der Waals surface area contributed by atoms with E-state index in [0.717, 1.165) is 47.7 Å². The van der Waals surface area contributed by atoms with Crippen molar-refractivity contribution in [2.45, 2.75) is 45.3 Å². The van der Waals surface area contributed by atoms with E-state index < -0.39 is 5.60 Å². The largest absolute Gasteiger partial charge is 0.497 e. The second kappa shape index (κ2) is 7.87. The van der Waals surface area contributed by atoms with E-state index in [-0.39, 0.29) is 5.92 Å². The number of methoxy groups -OCH3 is 1. The van der Waals surface area contributed by atoms with Gasteiger partial charge in [0.15, 0.2) is 11.5 Å². The standard InChI is InChI=1S/C23H30N8O2/c1-14-7-15(11-29(10-14)16-9-25-30(12-16)13-23(2,3)32)20-27-21-18-6-5-17(33-4)8-19(18)26-22(24)31(21)28-20/h5-6,8-9,12,14-15,32H,7,10-11,13H2,1-4H3,(H2,24,26)/t14-,15-/m0/s1. The quantitative estimate of drug-likeness (QED) is 0.476. The minimum absolute atomic E-state index is 0.152. The van der Waals surface area contributed by atoms with Crippen LogP contribution in [-0.4, -0.2) is 60.3 Å². The number of piperidine rings is 1. The summed E-state index contributed by atoms with van der Waals surface area (Å²) in [5, 5.41) is 20.2. The van der Waals surface area contributed by atoms with Crippen LogP contribution in [-0.2, 0) is 6.54 Å². The number of aromatic nitrogens is 6. The summed E-state index contributed by atoms with van der Waals surface area (Å²) in [6.07, 6.45) is 4.85. The molecule has 33 heavy (non-hydrogen) atoms. The number of rotatable bonds is 5. The minimum atomic E-state index is -0.817. The maximum Gasteiger partial charge on any atom is 0.223 e. The Labute approximate surface area is 192 Å². The van der Waals surface area contributed by atoms with Crippen molar-refractivity contribution >= 4 is 28.2 Å². The molecule has 1 fully saturated rings. The van der Waals surface area contributed by atoms with Crippen LogP contribution in [0, 0.1) is 5.92 Å². The fourth-order valence-electron chi connectivity index (χ4n) is 4.67. The Morgan fingerprint density at radius 3 is 2.82 bits per heavy atom. The number of nitrogens with zero attached hydrogens (tertiary/aromatic N) is 7. The van der Waals surface area contributed by atoms with Crippen LogP contribution in [0.15, 0.2) is 30.6 Å². The number of hydrogen-bond donors (Lipinski definition) is 2. The van der Waals surface area contributed by atoms with Crippen molar-refractivity contribution in [3.63, 3.8) is 0 Å². The number of ether oxygens (including phenoxy) is 1. The maximum atomic E-state index is 10.1. The zero-order valence-electron chi connectivity index (χ0n) is 19.4. The fraction of sp³-hybridized carbons (Fsp3) is 0.478. The molecule has 0 amide bonds. The van der Waals surface area contributed by atoms with Gasteiger partial charge in [-0.3, -0.25) is 4.68 Å². The molecule has 3 N–H and O–H groups in total. The lowest BCUT2D eigenvalue weighted by Gasteiger charge is -2.36. The number of hydrogen-bond acceptors (Lipinski definition) is 8. The molecule has 0 radical (unpaired) electrons. The number of anilines is 2. The van der Waals surface area contributed by atoms with E-state index in [1.54, 1.807) is 30.2 Å². The van der Waals surface area contributed by atoms with Crippen LogP contribution in [0.25, 0.3) is 16.6 Å². The van der Waals surface area contributed by atoms with Gasteiger partial charge in [0.2, 0.25) is 5.95 Å². The zero-order chi connectivity index (χ0) is 23.3. The molecule has 0 aliphatic carbocycles. The molecule has 2 atom stereocenters. The Kier molecular flexibility index (Phi) is 5.12. The lowest BCUT2D eigenvalue weighted by Crippen LogP contribution is -2.39. The Morgan fingerprint density at radius 2 is 2.06 bits per heavy atom. The lowest BCUT2D eigenvalue weighted by molar-refractivity contribution is 0.0577. The normalized spacial score (nSPS) is 19.5. The minimum Gasteiger partial charge on any atom is -0.497 e. The molecule has 1 aromatic carbocycles. The van der Waals surface area contributed by atoms with Gasteiger partial charge in [0, 0.05) is 36.7 Å². The van der Waals surface area contributed by atoms with Gasteiger partial charge in [-0.05, 0) is 38.3 Å². The Hall–Kier alpha value is -3.40. The van der Waals surface area contributed by atoms with Crippen LogP contribution in [0.5, 0.6) is 5.75 Å². The maximum absolute atomic E-state index is 10.1. The van der Waals surface area contributed by atoms with Crippen molar-refractivity contribution in [3.05, 3.63) is 36.4 Å². The molecular formula is C23H30N8O2. The van der Waals surface area contributed by atoms with Crippen molar-refractivity contribution in [1.82, 2.24) is 29.4 Å². The van der Waals surface area contributed by atoms with E-state index in [1.807, 2.05) is 30.6 Å². The van der Waals surface area contributed by atoms with Gasteiger partial charge in [-0.25, -0.2) is 9.97 Å². The summed E-state index contributed by atoms with van der Waals surface area (Å²) >= 11 is 0. The van der Waals surface area contributed by atoms with E-state index in [0.29, 0.717) is 24.1 Å². The van der Waals surface area contributed by atoms with Gasteiger partial charge in [0.05, 0.1) is 36.7 Å². The van der Waals surface area contributed by atoms with E-state index >= 15 is 0 Å². The highest BCUT2D eigenvalue weighted by atomic mass is 16.5. The molecule has 3 aromatic heterocycles. The summed E-state index contributed by atoms with van der Waals surface area (Å²) in [5.41, 5.74) is 7.88. The van der Waals surface area contributed by atoms with Crippen molar-refractivity contribution in [1.29, 1.82) is 0 Å². The average molecular weight is 451 g/mol. The number of nitrogens with two attached hydrogens (primary N) is 1. The Morgan fingerprint density at radius 1 is 1.24 bits per heavy atom. The fourth-order valence-corrected chi connectivity index (χ4v) is 4.67. The molecule has 1 aliphatic heterocycles. The second-order valence-corrected chi connectivity index (χ2v) is 9.71. The summed E-state index contributed by atoms with van der Waals surface area (Å²) in [7, 11) is 1.63. The number of aliphatic hydroxyl groups is 1. The summed E-state index contributed by atoms with van der Waals surface area (Å²) in [6, 6.07) is 5.70. The molecule has 0 saturated carbocycles. The molecule has 5 rings (SSSR count). The van der Waals surface area contributed by atoms with Crippen molar-refractivity contribution < 1.29 is 9.84 Å². The molecule has 4 heterocycles. The Bertz CT molecular complexity index is 1310. The second-order valence-electron chi connectivity index (χ2n) is 9.71. The topological polar surface area (TPSA) is 120 Å². The van der Waals surface area contributed by atoms with Gasteiger partial charge in [0.1, 0.15) is 5.75 Å². The average Bonchev–Trinajstić information content (AvgIpc) is 3.40. The number of fused-ring (bicyclic) bond motifs is 3. The predicted octanol–water partition coefficient (Wildman–Crippen LogP) is 2.47. The first-order chi connectivity index (χ1) is 15.7. The molecule has 1 aliphatic rings. The van der Waals surface area contributed by atoms with Crippen LogP contribution < -0.4 is 15.4 Å². The van der Waals surface area contributed by atoms with Crippen LogP contribution in [0.1, 0.15) is 38.9 Å². The molecule has 4 aromatic rings. The summed E-state index contributed by atoms with van der Waals surface area (Å²) in [6.45, 7) is 7.97. The van der Waals surface area contributed by atoms with Crippen LogP contribution in [0.2, 0.25) is 0 Å². The molecular weight excluding hydrogens is 420 g/mol. The highest BCUT2D eigenvalue weighted by Crippen LogP contribution is 2.33. The monoisotopic (exact) mass is 450 g/mol. The third kappa shape index (κ3) is 4.18. The van der Waals surface area contributed by atoms with Crippen molar-refractivity contribution in [2.24, 2.45) is 5.92 Å². The predicted molar refractivity (Wildman–Crippen MR) is 127 cm³/mol. The van der Waals surface area contributed by atoms with Gasteiger partial charge in [0.25, 0.3) is 0 Å². The molecule has 10 nitrogen and oxygen atoms in total. The number of nitrogen functional groups attached to an aromatic ring is 1. The lowest BCUT2D eigenvalue weighted by atomic mass is 9.90. The molecule has 0 bridgehead atoms. The highest BCUT2D eigenvalue weighted by Gasteiger charge is 2.30. The first kappa shape index (κ1) is 21.4. The number of benzene rings is 1. The SMILES string of the molecule is COc1ccc2c(c1)nc(N)n1nc([C@H]3C[C@H](C)CN(c4cnn(CC(C)(C)O)c4)C3)nc21. The van der Waals surface area contributed by atoms with E-state index in [4.69, 9.17) is 20.6 Å². The van der Waals surface area contributed by atoms with Crippen LogP contribution in [0.3, 0.4) is 0 Å². The summed E-state index contributed by atoms with van der Waals surface area (Å²) in [5.74, 6) is 2.41. The first-order valence-corrected chi connectivity index (χ1v) is 11.2.